The second-order valence-corrected chi connectivity index (χ2v) is 6.14. The summed E-state index contributed by atoms with van der Waals surface area (Å²) in [4.78, 5) is 22.9. The second kappa shape index (κ2) is 6.22. The second-order valence-electron chi connectivity index (χ2n) is 6.14. The summed E-state index contributed by atoms with van der Waals surface area (Å²) in [5.74, 6) is -0.140. The number of benzene rings is 1. The van der Waals surface area contributed by atoms with Gasteiger partial charge in [-0.3, -0.25) is 9.78 Å². The first-order valence-corrected chi connectivity index (χ1v) is 8.12. The van der Waals surface area contributed by atoms with Gasteiger partial charge in [0.25, 0.3) is 5.91 Å². The Balaban J connectivity index is 1.91. The molecule has 0 saturated carbocycles. The van der Waals surface area contributed by atoms with Gasteiger partial charge in [-0.25, -0.2) is 9.37 Å². The van der Waals surface area contributed by atoms with E-state index in [4.69, 9.17) is 4.74 Å². The predicted molar refractivity (Wildman–Crippen MR) is 95.2 cm³/mol. The quantitative estimate of drug-likeness (QED) is 0.710. The summed E-state index contributed by atoms with van der Waals surface area (Å²) >= 11 is 0. The van der Waals surface area contributed by atoms with Crippen molar-refractivity contribution in [2.24, 2.45) is 0 Å². The number of nitrogens with zero attached hydrogens (tertiary/aromatic N) is 3. The number of carbonyl (C=O) groups is 1. The van der Waals surface area contributed by atoms with Crippen molar-refractivity contribution in [3.8, 4) is 28.3 Å². The minimum Gasteiger partial charge on any atom is -0.481 e. The fraction of sp³-hybridized carbons (Fsp3) is 0.150. The molecule has 0 N–H and O–H groups in total. The molecule has 130 valence electrons. The molecule has 0 spiro atoms. The monoisotopic (exact) mass is 349 g/mol. The number of fused-ring (bicyclic) bond motifs is 3. The molecule has 0 aliphatic carbocycles. The Labute approximate surface area is 150 Å². The number of halogens is 1. The lowest BCUT2D eigenvalue weighted by molar-refractivity contribution is 0.0782. The van der Waals surface area contributed by atoms with Gasteiger partial charge in [-0.05, 0) is 35.4 Å². The molecule has 3 heterocycles. The molecule has 0 fully saturated rings. The minimum absolute atomic E-state index is 0.156. The zero-order valence-electron chi connectivity index (χ0n) is 14.4. The fourth-order valence-corrected chi connectivity index (χ4v) is 3.11. The van der Waals surface area contributed by atoms with Crippen LogP contribution in [0.4, 0.5) is 4.39 Å². The third-order valence-corrected chi connectivity index (χ3v) is 4.46. The Morgan fingerprint density at radius 2 is 1.96 bits per heavy atom. The summed E-state index contributed by atoms with van der Waals surface area (Å²) in [6, 6.07) is 12.5. The van der Waals surface area contributed by atoms with Crippen molar-refractivity contribution in [1.82, 2.24) is 14.9 Å². The molecule has 6 heteroatoms. The lowest BCUT2D eigenvalue weighted by Crippen LogP contribution is -2.25. The molecule has 1 aliphatic heterocycles. The van der Waals surface area contributed by atoms with Crippen molar-refractivity contribution in [1.29, 1.82) is 0 Å². The van der Waals surface area contributed by atoms with E-state index in [1.165, 1.54) is 19.4 Å². The van der Waals surface area contributed by atoms with Crippen molar-refractivity contribution in [3.63, 3.8) is 0 Å². The number of hydrogen-bond donors (Lipinski definition) is 0. The van der Waals surface area contributed by atoms with Gasteiger partial charge in [0.1, 0.15) is 11.5 Å². The van der Waals surface area contributed by atoms with Crippen LogP contribution in [0.15, 0.2) is 48.7 Å². The van der Waals surface area contributed by atoms with E-state index >= 15 is 0 Å². The van der Waals surface area contributed by atoms with E-state index in [2.05, 4.69) is 9.97 Å². The third-order valence-electron chi connectivity index (χ3n) is 4.46. The predicted octanol–water partition coefficient (Wildman–Crippen LogP) is 3.54. The number of pyridine rings is 2. The van der Waals surface area contributed by atoms with E-state index in [0.717, 1.165) is 22.3 Å². The Hall–Kier alpha value is -3.28. The first kappa shape index (κ1) is 16.2. The summed E-state index contributed by atoms with van der Waals surface area (Å²) < 4.78 is 18.3. The highest BCUT2D eigenvalue weighted by Gasteiger charge is 2.26. The van der Waals surface area contributed by atoms with Crippen LogP contribution in [0.1, 0.15) is 16.1 Å². The van der Waals surface area contributed by atoms with E-state index in [9.17, 15) is 9.18 Å². The number of aromatic nitrogens is 2. The normalized spacial score (nSPS) is 13.0. The number of methoxy groups -OCH3 is 1. The molecule has 2 aromatic heterocycles. The van der Waals surface area contributed by atoms with E-state index in [-0.39, 0.29) is 11.7 Å². The summed E-state index contributed by atoms with van der Waals surface area (Å²) in [7, 11) is 3.27. The molecule has 26 heavy (non-hydrogen) atoms. The smallest absolute Gasteiger partial charge is 0.273 e. The first-order valence-electron chi connectivity index (χ1n) is 8.12. The van der Waals surface area contributed by atoms with Gasteiger partial charge >= 0.3 is 0 Å². The molecule has 0 radical (unpaired) electrons. The molecule has 0 saturated heterocycles. The number of amides is 1. The highest BCUT2D eigenvalue weighted by atomic mass is 19.1. The van der Waals surface area contributed by atoms with Crippen molar-refractivity contribution in [3.05, 3.63) is 65.7 Å². The molecular formula is C20H16FN3O2. The molecule has 4 rings (SSSR count). The van der Waals surface area contributed by atoms with Crippen LogP contribution in [-0.2, 0) is 6.54 Å². The minimum atomic E-state index is -0.377. The van der Waals surface area contributed by atoms with Gasteiger partial charge in [0.15, 0.2) is 0 Å². The molecule has 5 nitrogen and oxygen atoms in total. The van der Waals surface area contributed by atoms with Gasteiger partial charge in [0.05, 0.1) is 19.0 Å². The van der Waals surface area contributed by atoms with Crippen LogP contribution in [-0.4, -0.2) is 34.9 Å². The molecule has 0 unspecified atom stereocenters. The fourth-order valence-electron chi connectivity index (χ4n) is 3.11. The highest BCUT2D eigenvalue weighted by molar-refractivity contribution is 6.01. The number of carbonyl (C=O) groups excluding carboxylic acids is 1. The van der Waals surface area contributed by atoms with Gasteiger partial charge in [-0.2, -0.15) is 0 Å². The summed E-state index contributed by atoms with van der Waals surface area (Å²) in [5, 5.41) is 0. The summed E-state index contributed by atoms with van der Waals surface area (Å²) in [6.07, 6.45) is 1.19. The molecule has 3 aromatic rings. The van der Waals surface area contributed by atoms with Gasteiger partial charge in [0, 0.05) is 30.8 Å². The highest BCUT2D eigenvalue weighted by Crippen LogP contribution is 2.35. The van der Waals surface area contributed by atoms with E-state index in [1.54, 1.807) is 24.1 Å². The van der Waals surface area contributed by atoms with Crippen molar-refractivity contribution >= 4 is 5.91 Å². The molecule has 0 atom stereocenters. The zero-order valence-corrected chi connectivity index (χ0v) is 14.4. The van der Waals surface area contributed by atoms with Crippen LogP contribution in [0.2, 0.25) is 0 Å². The summed E-state index contributed by atoms with van der Waals surface area (Å²) in [6.45, 7) is 0.476. The Morgan fingerprint density at radius 3 is 2.69 bits per heavy atom. The number of ether oxygens (including phenoxy) is 1. The number of rotatable bonds is 2. The maximum absolute atomic E-state index is 13.2. The van der Waals surface area contributed by atoms with Crippen LogP contribution in [0, 0.1) is 5.82 Å². The van der Waals surface area contributed by atoms with Crippen molar-refractivity contribution in [2.45, 2.75) is 6.54 Å². The van der Waals surface area contributed by atoms with Gasteiger partial charge < -0.3 is 9.64 Å². The van der Waals surface area contributed by atoms with Crippen LogP contribution in [0.3, 0.4) is 0 Å². The van der Waals surface area contributed by atoms with Crippen LogP contribution >= 0.6 is 0 Å². The van der Waals surface area contributed by atoms with E-state index in [0.29, 0.717) is 23.8 Å². The molecule has 1 aromatic carbocycles. The van der Waals surface area contributed by atoms with Gasteiger partial charge in [-0.15, -0.1) is 0 Å². The largest absolute Gasteiger partial charge is 0.481 e. The van der Waals surface area contributed by atoms with E-state index < -0.39 is 0 Å². The van der Waals surface area contributed by atoms with E-state index in [1.807, 2.05) is 24.3 Å². The Bertz CT molecular complexity index is 1000. The molecule has 0 bridgehead atoms. The lowest BCUT2D eigenvalue weighted by atomic mass is 9.96. The SMILES string of the molecule is COc1ccc2c(n1)C(=O)N(C)Cc1ccc(-c3ccc(F)cn3)cc1-2. The zero-order chi connectivity index (χ0) is 18.3. The number of hydrogen-bond acceptors (Lipinski definition) is 4. The molecule has 1 amide bonds. The average molecular weight is 349 g/mol. The maximum atomic E-state index is 13.2. The topological polar surface area (TPSA) is 55.3 Å². The Kier molecular flexibility index (Phi) is 3.88. The third kappa shape index (κ3) is 2.69. The van der Waals surface area contributed by atoms with Gasteiger partial charge in [0.2, 0.25) is 5.88 Å². The summed E-state index contributed by atoms with van der Waals surface area (Å²) in [5.41, 5.74) is 4.55. The lowest BCUT2D eigenvalue weighted by Gasteiger charge is -2.14. The molecular weight excluding hydrogens is 333 g/mol. The maximum Gasteiger partial charge on any atom is 0.273 e. The standard InChI is InChI=1S/C20H16FN3O2/c1-24-11-13-4-3-12(17-7-5-14(21)10-22-17)9-16(13)15-6-8-18(26-2)23-19(15)20(24)25/h3-10H,11H2,1-2H3. The van der Waals surface area contributed by atoms with Crippen LogP contribution < -0.4 is 4.74 Å². The van der Waals surface area contributed by atoms with Crippen molar-refractivity contribution in [2.75, 3.05) is 14.2 Å². The van der Waals surface area contributed by atoms with Crippen LogP contribution in [0.5, 0.6) is 5.88 Å². The van der Waals surface area contributed by atoms with Gasteiger partial charge in [-0.1, -0.05) is 12.1 Å². The van der Waals surface area contributed by atoms with Crippen molar-refractivity contribution < 1.29 is 13.9 Å². The first-order chi connectivity index (χ1) is 12.6. The average Bonchev–Trinajstić information content (AvgIpc) is 2.77. The molecule has 1 aliphatic rings. The van der Waals surface area contributed by atoms with Crippen LogP contribution in [0.25, 0.3) is 22.4 Å². The Morgan fingerprint density at radius 1 is 1.12 bits per heavy atom.